The fraction of sp³-hybridized carbons (Fsp3) is 1.00. The smallest absolute Gasteiger partial charge is 0.0446 e. The molecule has 1 aliphatic heterocycles. The van der Waals surface area contributed by atoms with Gasteiger partial charge in [0, 0.05) is 25.7 Å². The second-order valence-electron chi connectivity index (χ2n) is 7.30. The Hall–Kier alpha value is -0.0800. The zero-order valence-electron chi connectivity index (χ0n) is 13.1. The minimum Gasteiger partial charge on any atom is -0.396 e. The van der Waals surface area contributed by atoms with Gasteiger partial charge in [0.1, 0.15) is 0 Å². The van der Waals surface area contributed by atoms with Gasteiger partial charge in [0.2, 0.25) is 0 Å². The molecule has 1 rings (SSSR count). The van der Waals surface area contributed by atoms with Gasteiger partial charge in [0.05, 0.1) is 0 Å². The summed E-state index contributed by atoms with van der Waals surface area (Å²) in [5.41, 5.74) is 0.857. The monoisotopic (exact) mass is 255 g/mol. The van der Waals surface area contributed by atoms with E-state index in [0.29, 0.717) is 18.1 Å². The average molecular weight is 255 g/mol. The first-order valence-corrected chi connectivity index (χ1v) is 7.73. The molecule has 18 heavy (non-hydrogen) atoms. The van der Waals surface area contributed by atoms with E-state index in [1.807, 2.05) is 0 Å². The van der Waals surface area contributed by atoms with Crippen molar-refractivity contribution in [3.63, 3.8) is 0 Å². The quantitative estimate of drug-likeness (QED) is 0.750. The normalized spacial score (nSPS) is 21.7. The van der Waals surface area contributed by atoms with E-state index in [-0.39, 0.29) is 5.41 Å². The molecule has 0 aromatic rings. The lowest BCUT2D eigenvalue weighted by molar-refractivity contribution is -0.0779. The second kappa shape index (κ2) is 6.38. The summed E-state index contributed by atoms with van der Waals surface area (Å²) in [5, 5.41) is 9.28. The number of nitrogens with zero attached hydrogens (tertiary/aromatic N) is 1. The molecule has 0 bridgehead atoms. The molecule has 0 radical (unpaired) electrons. The minimum atomic E-state index is 0.271. The highest BCUT2D eigenvalue weighted by Gasteiger charge is 2.46. The van der Waals surface area contributed by atoms with Crippen LogP contribution in [0.1, 0.15) is 66.7 Å². The Bertz CT molecular complexity index is 230. The van der Waals surface area contributed by atoms with Crippen LogP contribution in [0.5, 0.6) is 0 Å². The van der Waals surface area contributed by atoms with Gasteiger partial charge in [0.25, 0.3) is 0 Å². The zero-order chi connectivity index (χ0) is 13.8. The van der Waals surface area contributed by atoms with Crippen molar-refractivity contribution in [3.8, 4) is 0 Å². The first kappa shape index (κ1) is 16.0. The lowest BCUT2D eigenvalue weighted by Gasteiger charge is -2.56. The third-order valence-electron chi connectivity index (χ3n) is 4.48. The number of aliphatic hydroxyl groups excluding tert-OH is 1. The molecule has 1 aliphatic rings. The van der Waals surface area contributed by atoms with Crippen molar-refractivity contribution in [1.29, 1.82) is 0 Å². The van der Waals surface area contributed by atoms with Gasteiger partial charge in [-0.25, -0.2) is 0 Å². The first-order chi connectivity index (χ1) is 8.38. The molecule has 1 fully saturated rings. The minimum absolute atomic E-state index is 0.271. The number of aliphatic hydroxyl groups is 1. The number of likely N-dealkylation sites (tertiary alicyclic amines) is 1. The second-order valence-corrected chi connectivity index (χ2v) is 7.30. The highest BCUT2D eigenvalue weighted by molar-refractivity contribution is 4.99. The highest BCUT2D eigenvalue weighted by Crippen LogP contribution is 2.43. The van der Waals surface area contributed by atoms with Gasteiger partial charge in [-0.05, 0) is 30.1 Å². The van der Waals surface area contributed by atoms with E-state index in [9.17, 15) is 5.11 Å². The molecule has 1 saturated heterocycles. The fourth-order valence-electron chi connectivity index (χ4n) is 3.82. The summed E-state index contributed by atoms with van der Waals surface area (Å²) < 4.78 is 0. The van der Waals surface area contributed by atoms with Crippen LogP contribution in [-0.2, 0) is 0 Å². The largest absolute Gasteiger partial charge is 0.396 e. The van der Waals surface area contributed by atoms with Crippen molar-refractivity contribution in [2.75, 3.05) is 19.7 Å². The summed E-state index contributed by atoms with van der Waals surface area (Å²) in [7, 11) is 0. The van der Waals surface area contributed by atoms with E-state index >= 15 is 0 Å². The molecule has 0 saturated carbocycles. The third-order valence-corrected chi connectivity index (χ3v) is 4.48. The maximum Gasteiger partial charge on any atom is 0.0446 e. The Morgan fingerprint density at radius 1 is 1.11 bits per heavy atom. The van der Waals surface area contributed by atoms with Crippen LogP contribution in [0.25, 0.3) is 0 Å². The lowest BCUT2D eigenvalue weighted by Crippen LogP contribution is -2.62. The van der Waals surface area contributed by atoms with Gasteiger partial charge in [-0.1, -0.05) is 47.5 Å². The first-order valence-electron chi connectivity index (χ1n) is 7.73. The van der Waals surface area contributed by atoms with Crippen molar-refractivity contribution >= 4 is 0 Å². The third kappa shape index (κ3) is 3.71. The molecule has 1 atom stereocenters. The molecule has 2 heteroatoms. The molecule has 0 aromatic carbocycles. The predicted molar refractivity (Wildman–Crippen MR) is 78.8 cm³/mol. The van der Waals surface area contributed by atoms with Gasteiger partial charge >= 0.3 is 0 Å². The summed E-state index contributed by atoms with van der Waals surface area (Å²) in [6, 6.07) is 0.532. The standard InChI is InChI=1S/C16H33NO/c1-6-9-16(10-7-2)12-17(13-16)14(8-11-18)15(3,4)5/h14,18H,6-13H2,1-5H3. The molecular weight excluding hydrogens is 222 g/mol. The van der Waals surface area contributed by atoms with Crippen molar-refractivity contribution < 1.29 is 5.11 Å². The summed E-state index contributed by atoms with van der Waals surface area (Å²) in [5.74, 6) is 0. The Labute approximate surface area is 114 Å². The van der Waals surface area contributed by atoms with Crippen molar-refractivity contribution in [3.05, 3.63) is 0 Å². The maximum absolute atomic E-state index is 9.28. The van der Waals surface area contributed by atoms with Gasteiger partial charge in [0.15, 0.2) is 0 Å². The Balaban J connectivity index is 2.60. The van der Waals surface area contributed by atoms with Crippen molar-refractivity contribution in [1.82, 2.24) is 4.90 Å². The van der Waals surface area contributed by atoms with Crippen molar-refractivity contribution in [2.24, 2.45) is 10.8 Å². The van der Waals surface area contributed by atoms with Crippen molar-refractivity contribution in [2.45, 2.75) is 72.8 Å². The molecular formula is C16H33NO. The summed E-state index contributed by atoms with van der Waals surface area (Å²) in [6.45, 7) is 14.3. The SMILES string of the molecule is CCCC1(CCC)CN(C(CCO)C(C)(C)C)C1. The number of hydrogen-bond donors (Lipinski definition) is 1. The number of hydrogen-bond acceptors (Lipinski definition) is 2. The van der Waals surface area contributed by atoms with Crippen LogP contribution in [0.2, 0.25) is 0 Å². The van der Waals surface area contributed by atoms with Crippen LogP contribution in [-0.4, -0.2) is 35.7 Å². The van der Waals surface area contributed by atoms with Crippen LogP contribution in [0.15, 0.2) is 0 Å². The van der Waals surface area contributed by atoms with Gasteiger partial charge in [-0.3, -0.25) is 4.90 Å². The van der Waals surface area contributed by atoms with Crippen LogP contribution in [0.3, 0.4) is 0 Å². The molecule has 0 aromatic heterocycles. The maximum atomic E-state index is 9.28. The molecule has 0 spiro atoms. The molecule has 2 nitrogen and oxygen atoms in total. The highest BCUT2D eigenvalue weighted by atomic mass is 16.3. The van der Waals surface area contributed by atoms with Crippen LogP contribution < -0.4 is 0 Å². The lowest BCUT2D eigenvalue weighted by atomic mass is 9.69. The van der Waals surface area contributed by atoms with Crippen LogP contribution in [0.4, 0.5) is 0 Å². The van der Waals surface area contributed by atoms with E-state index < -0.39 is 0 Å². The number of rotatable bonds is 7. The molecule has 1 N–H and O–H groups in total. The van der Waals surface area contributed by atoms with E-state index in [0.717, 1.165) is 6.42 Å². The van der Waals surface area contributed by atoms with Crippen LogP contribution >= 0.6 is 0 Å². The van der Waals surface area contributed by atoms with E-state index in [1.165, 1.54) is 38.8 Å². The Morgan fingerprint density at radius 2 is 1.61 bits per heavy atom. The molecule has 0 amide bonds. The van der Waals surface area contributed by atoms with E-state index in [4.69, 9.17) is 0 Å². The fourth-order valence-corrected chi connectivity index (χ4v) is 3.82. The predicted octanol–water partition coefficient (Wildman–Crippen LogP) is 3.69. The van der Waals surface area contributed by atoms with Gasteiger partial charge in [-0.2, -0.15) is 0 Å². The summed E-state index contributed by atoms with van der Waals surface area (Å²) >= 11 is 0. The Kier molecular flexibility index (Phi) is 5.67. The molecule has 1 heterocycles. The van der Waals surface area contributed by atoms with E-state index in [2.05, 4.69) is 39.5 Å². The van der Waals surface area contributed by atoms with Gasteiger partial charge in [-0.15, -0.1) is 0 Å². The average Bonchev–Trinajstić information content (AvgIpc) is 2.21. The molecule has 1 unspecified atom stereocenters. The summed E-state index contributed by atoms with van der Waals surface area (Å²) in [4.78, 5) is 2.61. The van der Waals surface area contributed by atoms with E-state index in [1.54, 1.807) is 0 Å². The van der Waals surface area contributed by atoms with Gasteiger partial charge < -0.3 is 5.11 Å². The Morgan fingerprint density at radius 3 is 1.94 bits per heavy atom. The molecule has 108 valence electrons. The summed E-state index contributed by atoms with van der Waals surface area (Å²) in [6.07, 6.45) is 6.25. The zero-order valence-corrected chi connectivity index (χ0v) is 13.1. The van der Waals surface area contributed by atoms with Crippen LogP contribution in [0, 0.1) is 10.8 Å². The topological polar surface area (TPSA) is 23.5 Å². The molecule has 0 aliphatic carbocycles.